The van der Waals surface area contributed by atoms with Crippen LogP contribution < -0.4 is 20.3 Å². The van der Waals surface area contributed by atoms with Crippen LogP contribution in [-0.2, 0) is 14.4 Å². The molecule has 0 aliphatic carbocycles. The van der Waals surface area contributed by atoms with Crippen LogP contribution in [0.4, 0.5) is 15.8 Å². The van der Waals surface area contributed by atoms with Crippen molar-refractivity contribution < 1.29 is 23.5 Å². The van der Waals surface area contributed by atoms with Crippen LogP contribution in [0.5, 0.6) is 5.75 Å². The molecule has 0 unspecified atom stereocenters. The van der Waals surface area contributed by atoms with Crippen molar-refractivity contribution in [1.29, 1.82) is 0 Å². The van der Waals surface area contributed by atoms with Crippen LogP contribution in [0.2, 0.25) is 0 Å². The van der Waals surface area contributed by atoms with Gasteiger partial charge in [-0.2, -0.15) is 0 Å². The number of amides is 3. The maximum absolute atomic E-state index is 13.0. The minimum atomic E-state index is -0.583. The van der Waals surface area contributed by atoms with Gasteiger partial charge in [0.1, 0.15) is 17.1 Å². The van der Waals surface area contributed by atoms with E-state index in [1.165, 1.54) is 35.2 Å². The van der Waals surface area contributed by atoms with E-state index in [9.17, 15) is 18.8 Å². The third-order valence-corrected chi connectivity index (χ3v) is 5.09. The minimum Gasteiger partial charge on any atom is -0.484 e. The first-order valence-corrected chi connectivity index (χ1v) is 10.6. The lowest BCUT2D eigenvalue weighted by Crippen LogP contribution is -2.54. The van der Waals surface area contributed by atoms with Gasteiger partial charge in [0, 0.05) is 5.69 Å². The van der Waals surface area contributed by atoms with Crippen LogP contribution in [-0.4, -0.2) is 29.4 Å². The monoisotopic (exact) mass is 475 g/mol. The largest absolute Gasteiger partial charge is 0.484 e. The average molecular weight is 476 g/mol. The summed E-state index contributed by atoms with van der Waals surface area (Å²) in [6.45, 7) is -0.248. The molecule has 170 valence electrons. The fourth-order valence-corrected chi connectivity index (χ4v) is 3.46. The second kappa shape index (κ2) is 10.1. The zero-order valence-corrected chi connectivity index (χ0v) is 18.5. The Morgan fingerprint density at radius 2 is 1.68 bits per heavy atom. The van der Waals surface area contributed by atoms with Crippen molar-refractivity contribution in [1.82, 2.24) is 5.32 Å². The van der Waals surface area contributed by atoms with Gasteiger partial charge in [-0.1, -0.05) is 30.3 Å². The van der Waals surface area contributed by atoms with Crippen molar-refractivity contribution in [3.05, 3.63) is 95.8 Å². The molecular weight excluding hydrogens is 457 g/mol. The highest BCUT2D eigenvalue weighted by Crippen LogP contribution is 2.22. The lowest BCUT2D eigenvalue weighted by molar-refractivity contribution is -0.122. The Morgan fingerprint density at radius 1 is 1.00 bits per heavy atom. The number of para-hydroxylation sites is 1. The van der Waals surface area contributed by atoms with Gasteiger partial charge in [-0.25, -0.2) is 4.39 Å². The highest BCUT2D eigenvalue weighted by atomic mass is 32.1. The lowest BCUT2D eigenvalue weighted by Gasteiger charge is -2.28. The molecule has 3 aromatic carbocycles. The molecule has 2 N–H and O–H groups in total. The molecule has 0 atom stereocenters. The highest BCUT2D eigenvalue weighted by Gasteiger charge is 2.34. The molecule has 4 rings (SSSR count). The van der Waals surface area contributed by atoms with Crippen LogP contribution in [0.25, 0.3) is 6.08 Å². The first kappa shape index (κ1) is 22.8. The molecule has 1 fully saturated rings. The summed E-state index contributed by atoms with van der Waals surface area (Å²) in [5.41, 5.74) is 1.52. The van der Waals surface area contributed by atoms with Gasteiger partial charge < -0.3 is 10.1 Å². The zero-order chi connectivity index (χ0) is 24.1. The molecule has 0 spiro atoms. The van der Waals surface area contributed by atoms with Crippen molar-refractivity contribution in [3.63, 3.8) is 0 Å². The summed E-state index contributed by atoms with van der Waals surface area (Å²) in [5.74, 6) is -1.49. The number of halogens is 1. The quantitative estimate of drug-likeness (QED) is 0.323. The molecule has 34 heavy (non-hydrogen) atoms. The third kappa shape index (κ3) is 5.33. The van der Waals surface area contributed by atoms with Crippen LogP contribution >= 0.6 is 12.2 Å². The van der Waals surface area contributed by atoms with E-state index >= 15 is 0 Å². The molecule has 3 amide bonds. The summed E-state index contributed by atoms with van der Waals surface area (Å²) >= 11 is 5.17. The molecule has 1 aliphatic rings. The number of nitrogens with one attached hydrogen (secondary N) is 2. The van der Waals surface area contributed by atoms with E-state index in [0.29, 0.717) is 22.7 Å². The molecule has 1 heterocycles. The topological polar surface area (TPSA) is 87.7 Å². The van der Waals surface area contributed by atoms with E-state index in [2.05, 4.69) is 10.6 Å². The number of hydrogen-bond acceptors (Lipinski definition) is 5. The number of thiocarbonyl (C=S) groups is 1. The Hall–Kier alpha value is -4.37. The summed E-state index contributed by atoms with van der Waals surface area (Å²) in [5, 5.41) is 5.15. The normalized spacial score (nSPS) is 14.7. The number of benzene rings is 3. The van der Waals surface area contributed by atoms with E-state index in [-0.39, 0.29) is 17.3 Å². The number of carbonyl (C=O) groups excluding carboxylic acids is 3. The van der Waals surface area contributed by atoms with E-state index in [4.69, 9.17) is 17.0 Å². The van der Waals surface area contributed by atoms with Crippen molar-refractivity contribution in [3.8, 4) is 5.75 Å². The number of carbonyl (C=O) groups is 3. The highest BCUT2D eigenvalue weighted by molar-refractivity contribution is 7.80. The van der Waals surface area contributed by atoms with Gasteiger partial charge in [0.25, 0.3) is 17.7 Å². The van der Waals surface area contributed by atoms with Gasteiger partial charge in [0.2, 0.25) is 0 Å². The second-order valence-corrected chi connectivity index (χ2v) is 7.59. The molecule has 9 heteroatoms. The molecule has 0 aromatic heterocycles. The standard InChI is InChI=1S/C25H18FN3O4S/c26-17-8-10-18(11-9-17)27-22(30)15-33-20-12-6-16(7-13-20)14-21-23(31)28-25(34)29(24(21)32)19-4-2-1-3-5-19/h1-14H,15H2,(H,27,30)(H,28,31,34)/b21-14-. The summed E-state index contributed by atoms with van der Waals surface area (Å²) < 4.78 is 18.4. The Bertz CT molecular complexity index is 1280. The smallest absolute Gasteiger partial charge is 0.270 e. The Balaban J connectivity index is 1.41. The van der Waals surface area contributed by atoms with Gasteiger partial charge >= 0.3 is 0 Å². The minimum absolute atomic E-state index is 0.0148. The molecule has 1 aliphatic heterocycles. The first-order chi connectivity index (χ1) is 16.4. The maximum Gasteiger partial charge on any atom is 0.270 e. The molecule has 0 radical (unpaired) electrons. The maximum atomic E-state index is 13.0. The molecule has 3 aromatic rings. The fourth-order valence-electron chi connectivity index (χ4n) is 3.18. The number of anilines is 2. The molecular formula is C25H18FN3O4S. The first-order valence-electron chi connectivity index (χ1n) is 10.2. The van der Waals surface area contributed by atoms with Crippen LogP contribution in [0.3, 0.4) is 0 Å². The second-order valence-electron chi connectivity index (χ2n) is 7.21. The van der Waals surface area contributed by atoms with Gasteiger partial charge in [-0.05, 0) is 72.4 Å². The number of hydrogen-bond donors (Lipinski definition) is 2. The van der Waals surface area contributed by atoms with Crippen LogP contribution in [0.15, 0.2) is 84.4 Å². The zero-order valence-electron chi connectivity index (χ0n) is 17.7. The molecule has 0 saturated carbocycles. The van der Waals surface area contributed by atoms with Gasteiger partial charge in [-0.15, -0.1) is 0 Å². The van der Waals surface area contributed by atoms with E-state index in [1.54, 1.807) is 48.5 Å². The van der Waals surface area contributed by atoms with Gasteiger partial charge in [0.15, 0.2) is 11.7 Å². The van der Waals surface area contributed by atoms with Gasteiger partial charge in [0.05, 0.1) is 5.69 Å². The number of nitrogens with zero attached hydrogens (tertiary/aromatic N) is 1. The van der Waals surface area contributed by atoms with Crippen LogP contribution in [0, 0.1) is 5.82 Å². The Morgan fingerprint density at radius 3 is 2.35 bits per heavy atom. The fraction of sp³-hybridized carbons (Fsp3) is 0.0400. The molecule has 7 nitrogen and oxygen atoms in total. The summed E-state index contributed by atoms with van der Waals surface area (Å²) in [4.78, 5) is 38.7. The third-order valence-electron chi connectivity index (χ3n) is 4.81. The van der Waals surface area contributed by atoms with Crippen molar-refractivity contribution in [2.45, 2.75) is 0 Å². The molecule has 1 saturated heterocycles. The number of rotatable bonds is 6. The Kier molecular flexibility index (Phi) is 6.74. The van der Waals surface area contributed by atoms with E-state index < -0.39 is 23.5 Å². The van der Waals surface area contributed by atoms with Crippen LogP contribution in [0.1, 0.15) is 5.56 Å². The molecule has 0 bridgehead atoms. The predicted molar refractivity (Wildman–Crippen MR) is 130 cm³/mol. The van der Waals surface area contributed by atoms with Crippen molar-refractivity contribution in [2.24, 2.45) is 0 Å². The Labute approximate surface area is 199 Å². The predicted octanol–water partition coefficient (Wildman–Crippen LogP) is 3.67. The van der Waals surface area contributed by atoms with E-state index in [1.807, 2.05) is 6.07 Å². The van der Waals surface area contributed by atoms with Crippen molar-refractivity contribution >= 4 is 52.5 Å². The van der Waals surface area contributed by atoms with E-state index in [0.717, 1.165) is 0 Å². The lowest BCUT2D eigenvalue weighted by atomic mass is 10.1. The van der Waals surface area contributed by atoms with Crippen molar-refractivity contribution in [2.75, 3.05) is 16.8 Å². The SMILES string of the molecule is O=C(COc1ccc(/C=C2/C(=O)NC(=S)N(c3ccccc3)C2=O)cc1)Nc1ccc(F)cc1. The summed E-state index contributed by atoms with van der Waals surface area (Å²) in [7, 11) is 0. The summed E-state index contributed by atoms with van der Waals surface area (Å²) in [6.07, 6.45) is 1.46. The average Bonchev–Trinajstić information content (AvgIpc) is 2.83. The number of ether oxygens (including phenoxy) is 1. The van der Waals surface area contributed by atoms with Gasteiger partial charge in [-0.3, -0.25) is 24.6 Å². The summed E-state index contributed by atoms with van der Waals surface area (Å²) in [6, 6.07) is 20.7.